The summed E-state index contributed by atoms with van der Waals surface area (Å²) in [5, 5.41) is 2.80. The molecule has 0 unspecified atom stereocenters. The second-order valence-electron chi connectivity index (χ2n) is 7.88. The number of amides is 1. The Balaban J connectivity index is 1.61. The van der Waals surface area contributed by atoms with E-state index < -0.39 is 21.9 Å². The van der Waals surface area contributed by atoms with Gasteiger partial charge in [0.05, 0.1) is 5.92 Å². The first-order valence-corrected chi connectivity index (χ1v) is 11.3. The highest BCUT2D eigenvalue weighted by molar-refractivity contribution is 7.90. The molecule has 0 aliphatic carbocycles. The van der Waals surface area contributed by atoms with Crippen molar-refractivity contribution in [2.45, 2.75) is 44.6 Å². The zero-order valence-electron chi connectivity index (χ0n) is 16.9. The van der Waals surface area contributed by atoms with Crippen molar-refractivity contribution in [3.63, 3.8) is 0 Å². The summed E-state index contributed by atoms with van der Waals surface area (Å²) in [6.07, 6.45) is 1.33. The van der Waals surface area contributed by atoms with Crippen LogP contribution in [0.4, 0.5) is 0 Å². The van der Waals surface area contributed by atoms with Gasteiger partial charge in [-0.05, 0) is 37.8 Å². The highest BCUT2D eigenvalue weighted by Crippen LogP contribution is 2.29. The van der Waals surface area contributed by atoms with E-state index in [0.717, 1.165) is 0 Å². The number of ether oxygens (including phenoxy) is 1. The van der Waals surface area contributed by atoms with E-state index in [1.807, 2.05) is 25.7 Å². The molecule has 0 bridgehead atoms. The van der Waals surface area contributed by atoms with E-state index in [1.54, 1.807) is 18.2 Å². The van der Waals surface area contributed by atoms with Gasteiger partial charge in [-0.15, -0.1) is 4.40 Å². The number of piperidine rings is 1. The molecule has 8 nitrogen and oxygen atoms in total. The maximum Gasteiger partial charge on any atom is 0.311 e. The fourth-order valence-corrected chi connectivity index (χ4v) is 4.62. The third kappa shape index (κ3) is 4.77. The molecule has 29 heavy (non-hydrogen) atoms. The summed E-state index contributed by atoms with van der Waals surface area (Å²) in [7, 11) is -3.70. The molecule has 1 aromatic carbocycles. The van der Waals surface area contributed by atoms with E-state index in [2.05, 4.69) is 9.71 Å². The number of nitrogens with zero attached hydrogens (tertiary/aromatic N) is 2. The topological polar surface area (TPSA) is 105 Å². The number of carbonyl (C=O) groups excluding carboxylic acids is 2. The molecule has 1 N–H and O–H groups in total. The third-order valence-corrected chi connectivity index (χ3v) is 6.73. The molecule has 0 saturated carbocycles. The van der Waals surface area contributed by atoms with Crippen LogP contribution in [-0.4, -0.2) is 56.8 Å². The molecule has 2 heterocycles. The van der Waals surface area contributed by atoms with Crippen LogP contribution in [0.15, 0.2) is 33.6 Å². The second-order valence-corrected chi connectivity index (χ2v) is 9.45. The van der Waals surface area contributed by atoms with Gasteiger partial charge in [-0.3, -0.25) is 9.59 Å². The number of rotatable bonds is 5. The first-order chi connectivity index (χ1) is 13.7. The van der Waals surface area contributed by atoms with Crippen molar-refractivity contribution < 1.29 is 22.7 Å². The summed E-state index contributed by atoms with van der Waals surface area (Å²) in [6, 6.07) is 6.68. The number of benzene rings is 1. The molecule has 0 spiro atoms. The zero-order chi connectivity index (χ0) is 21.2. The van der Waals surface area contributed by atoms with E-state index in [4.69, 9.17) is 4.74 Å². The van der Waals surface area contributed by atoms with E-state index in [1.165, 1.54) is 6.07 Å². The lowest BCUT2D eigenvalue weighted by atomic mass is 9.97. The Kier molecular flexibility index (Phi) is 6.26. The van der Waals surface area contributed by atoms with Crippen molar-refractivity contribution in [3.05, 3.63) is 29.8 Å². The first kappa shape index (κ1) is 21.3. The SMILES string of the molecule is CC(C)[C@H](C)NC(=O)COC(=O)[C@@H]1CCCN(C2=NS(=O)(=O)c3ccccc32)C1. The van der Waals surface area contributed by atoms with Crippen LogP contribution in [0.3, 0.4) is 0 Å². The number of carbonyl (C=O) groups is 2. The highest BCUT2D eigenvalue weighted by atomic mass is 32.2. The Bertz CT molecular complexity index is 926. The van der Waals surface area contributed by atoms with Crippen LogP contribution in [0.2, 0.25) is 0 Å². The van der Waals surface area contributed by atoms with Crippen LogP contribution in [0, 0.1) is 11.8 Å². The first-order valence-electron chi connectivity index (χ1n) is 9.84. The second kappa shape index (κ2) is 8.52. The number of esters is 1. The summed E-state index contributed by atoms with van der Waals surface area (Å²) >= 11 is 0. The van der Waals surface area contributed by atoms with E-state index in [0.29, 0.717) is 37.3 Å². The van der Waals surface area contributed by atoms with Crippen LogP contribution in [0.1, 0.15) is 39.2 Å². The standard InChI is InChI=1S/C20H27N3O5S/c1-13(2)14(3)21-18(24)12-28-20(25)15-7-6-10-23(11-15)19-16-8-4-5-9-17(16)29(26,27)22-19/h4-5,8-9,13-15H,6-7,10-12H2,1-3H3,(H,21,24)/t14-,15+/m0/s1. The van der Waals surface area contributed by atoms with Crippen molar-refractivity contribution in [1.29, 1.82) is 0 Å². The molecular formula is C20H27N3O5S. The van der Waals surface area contributed by atoms with E-state index in [-0.39, 0.29) is 29.4 Å². The quantitative estimate of drug-likeness (QED) is 0.724. The van der Waals surface area contributed by atoms with Gasteiger partial charge in [0.1, 0.15) is 4.90 Å². The molecule has 9 heteroatoms. The predicted molar refractivity (Wildman–Crippen MR) is 108 cm³/mol. The highest BCUT2D eigenvalue weighted by Gasteiger charge is 2.35. The fourth-order valence-electron chi connectivity index (χ4n) is 3.40. The number of hydrogen-bond donors (Lipinski definition) is 1. The minimum absolute atomic E-state index is 0.00577. The Morgan fingerprint density at radius 1 is 1.28 bits per heavy atom. The lowest BCUT2D eigenvalue weighted by Gasteiger charge is -2.32. The molecule has 0 radical (unpaired) electrons. The van der Waals surface area contributed by atoms with Crippen LogP contribution < -0.4 is 5.32 Å². The maximum atomic E-state index is 12.5. The monoisotopic (exact) mass is 421 g/mol. The fraction of sp³-hybridized carbons (Fsp3) is 0.550. The molecule has 1 aromatic rings. The summed E-state index contributed by atoms with van der Waals surface area (Å²) in [4.78, 5) is 26.4. The number of hydrogen-bond acceptors (Lipinski definition) is 6. The Labute approximate surface area is 171 Å². The lowest BCUT2D eigenvalue weighted by molar-refractivity contribution is -0.154. The Morgan fingerprint density at radius 2 is 2.00 bits per heavy atom. The maximum absolute atomic E-state index is 12.5. The van der Waals surface area contributed by atoms with Crippen molar-refractivity contribution in [2.24, 2.45) is 16.2 Å². The molecule has 158 valence electrons. The lowest BCUT2D eigenvalue weighted by Crippen LogP contribution is -2.44. The van der Waals surface area contributed by atoms with E-state index >= 15 is 0 Å². The Hall–Kier alpha value is -2.42. The summed E-state index contributed by atoms with van der Waals surface area (Å²) in [5.74, 6) is -0.545. The number of fused-ring (bicyclic) bond motifs is 1. The average molecular weight is 422 g/mol. The minimum atomic E-state index is -3.70. The van der Waals surface area contributed by atoms with Gasteiger partial charge in [-0.2, -0.15) is 8.42 Å². The molecular weight excluding hydrogens is 394 g/mol. The van der Waals surface area contributed by atoms with Crippen molar-refractivity contribution in [2.75, 3.05) is 19.7 Å². The molecule has 1 saturated heterocycles. The van der Waals surface area contributed by atoms with Gasteiger partial charge < -0.3 is 15.0 Å². The molecule has 1 fully saturated rings. The van der Waals surface area contributed by atoms with Gasteiger partial charge in [0, 0.05) is 24.7 Å². The van der Waals surface area contributed by atoms with Gasteiger partial charge in [-0.25, -0.2) is 0 Å². The number of nitrogens with one attached hydrogen (secondary N) is 1. The summed E-state index contributed by atoms with van der Waals surface area (Å²) < 4.78 is 33.7. The molecule has 2 aliphatic rings. The largest absolute Gasteiger partial charge is 0.455 e. The van der Waals surface area contributed by atoms with Gasteiger partial charge >= 0.3 is 5.97 Å². The average Bonchev–Trinajstić information content (AvgIpc) is 2.97. The molecule has 2 atom stereocenters. The van der Waals surface area contributed by atoms with Gasteiger partial charge in [0.15, 0.2) is 12.4 Å². The van der Waals surface area contributed by atoms with Gasteiger partial charge in [0.2, 0.25) is 0 Å². The third-order valence-electron chi connectivity index (χ3n) is 5.40. The molecule has 0 aromatic heterocycles. The van der Waals surface area contributed by atoms with Crippen LogP contribution in [0.25, 0.3) is 0 Å². The van der Waals surface area contributed by atoms with E-state index in [9.17, 15) is 18.0 Å². The number of sulfonamides is 1. The van der Waals surface area contributed by atoms with Crippen LogP contribution in [0.5, 0.6) is 0 Å². The zero-order valence-corrected chi connectivity index (χ0v) is 17.7. The number of amidine groups is 1. The Morgan fingerprint density at radius 3 is 2.72 bits per heavy atom. The summed E-state index contributed by atoms with van der Waals surface area (Å²) in [6.45, 7) is 6.50. The van der Waals surface area contributed by atoms with Crippen LogP contribution in [-0.2, 0) is 24.3 Å². The summed E-state index contributed by atoms with van der Waals surface area (Å²) in [5.41, 5.74) is 0.559. The number of likely N-dealkylation sites (tertiary alicyclic amines) is 1. The van der Waals surface area contributed by atoms with Gasteiger partial charge in [-0.1, -0.05) is 26.0 Å². The normalized spacial score (nSPS) is 21.3. The molecule has 2 aliphatic heterocycles. The molecule has 3 rings (SSSR count). The minimum Gasteiger partial charge on any atom is -0.455 e. The van der Waals surface area contributed by atoms with Crippen molar-refractivity contribution in [3.8, 4) is 0 Å². The van der Waals surface area contributed by atoms with Crippen molar-refractivity contribution >= 4 is 27.7 Å². The predicted octanol–water partition coefficient (Wildman–Crippen LogP) is 1.55. The van der Waals surface area contributed by atoms with Gasteiger partial charge in [0.25, 0.3) is 15.9 Å². The van der Waals surface area contributed by atoms with Crippen molar-refractivity contribution in [1.82, 2.24) is 10.2 Å². The molecule has 1 amide bonds. The van der Waals surface area contributed by atoms with Crippen LogP contribution >= 0.6 is 0 Å². The smallest absolute Gasteiger partial charge is 0.311 e.